The first-order valence-electron chi connectivity index (χ1n) is 5.54. The average molecular weight is 234 g/mol. The molecule has 0 aliphatic rings. The molecule has 0 spiro atoms. The molecular formula is C13H22N2Si. The van der Waals surface area contributed by atoms with Crippen molar-refractivity contribution < 1.29 is 0 Å². The number of hydrogen-bond donors (Lipinski definition) is 1. The smallest absolute Gasteiger partial charge is 0.144 e. The van der Waals surface area contributed by atoms with Gasteiger partial charge in [0, 0.05) is 25.5 Å². The Labute approximate surface area is 100 Å². The zero-order valence-corrected chi connectivity index (χ0v) is 12.0. The SMILES string of the molecule is C=C(N[Si](C)(C)C)c1ccc(N(C)C)cc1. The number of benzene rings is 1. The van der Waals surface area contributed by atoms with E-state index in [1.807, 2.05) is 14.1 Å². The molecule has 1 aromatic rings. The van der Waals surface area contributed by atoms with Crippen LogP contribution in [0.2, 0.25) is 19.6 Å². The third-order valence-electron chi connectivity index (χ3n) is 2.26. The minimum absolute atomic E-state index is 1.03. The predicted molar refractivity (Wildman–Crippen MR) is 76.3 cm³/mol. The molecule has 0 fully saturated rings. The van der Waals surface area contributed by atoms with Crippen molar-refractivity contribution in [3.8, 4) is 0 Å². The van der Waals surface area contributed by atoms with Gasteiger partial charge in [0.2, 0.25) is 0 Å². The minimum atomic E-state index is -1.30. The van der Waals surface area contributed by atoms with Gasteiger partial charge in [-0.25, -0.2) is 0 Å². The molecule has 1 aromatic carbocycles. The maximum atomic E-state index is 4.09. The summed E-state index contributed by atoms with van der Waals surface area (Å²) in [4.78, 5) is 5.61. The minimum Gasteiger partial charge on any atom is -0.411 e. The van der Waals surface area contributed by atoms with E-state index in [4.69, 9.17) is 0 Å². The van der Waals surface area contributed by atoms with E-state index in [-0.39, 0.29) is 0 Å². The zero-order chi connectivity index (χ0) is 12.3. The molecule has 88 valence electrons. The summed E-state index contributed by atoms with van der Waals surface area (Å²) in [6, 6.07) is 8.47. The van der Waals surface area contributed by atoms with Gasteiger partial charge in [0.1, 0.15) is 8.24 Å². The first-order chi connectivity index (χ1) is 7.29. The quantitative estimate of drug-likeness (QED) is 0.805. The van der Waals surface area contributed by atoms with Crippen molar-refractivity contribution in [1.82, 2.24) is 4.98 Å². The highest BCUT2D eigenvalue weighted by Crippen LogP contribution is 2.17. The van der Waals surface area contributed by atoms with Gasteiger partial charge in [0.05, 0.1) is 0 Å². The van der Waals surface area contributed by atoms with Crippen LogP contribution in [0, 0.1) is 0 Å². The molecule has 0 heterocycles. The fourth-order valence-corrected chi connectivity index (χ4v) is 2.54. The van der Waals surface area contributed by atoms with Crippen molar-refractivity contribution in [1.29, 1.82) is 0 Å². The van der Waals surface area contributed by atoms with Crippen molar-refractivity contribution in [3.05, 3.63) is 36.4 Å². The summed E-state index contributed by atoms with van der Waals surface area (Å²) in [7, 11) is 2.79. The highest BCUT2D eigenvalue weighted by atomic mass is 28.3. The van der Waals surface area contributed by atoms with Crippen molar-refractivity contribution in [2.45, 2.75) is 19.6 Å². The Bertz CT molecular complexity index is 361. The second kappa shape index (κ2) is 4.74. The Balaban J connectivity index is 2.78. The van der Waals surface area contributed by atoms with Gasteiger partial charge in [-0.3, -0.25) is 0 Å². The standard InChI is InChI=1S/C13H22N2Si/c1-11(14-16(4,5)6)12-7-9-13(10-8-12)15(2)3/h7-10,14H,1H2,2-6H3. The Hall–Kier alpha value is -1.22. The van der Waals surface area contributed by atoms with Gasteiger partial charge in [-0.1, -0.05) is 38.4 Å². The lowest BCUT2D eigenvalue weighted by atomic mass is 10.1. The van der Waals surface area contributed by atoms with Crippen LogP contribution in [-0.2, 0) is 0 Å². The molecule has 0 atom stereocenters. The van der Waals surface area contributed by atoms with E-state index >= 15 is 0 Å². The molecule has 2 nitrogen and oxygen atoms in total. The first-order valence-corrected chi connectivity index (χ1v) is 9.04. The molecule has 0 aromatic heterocycles. The highest BCUT2D eigenvalue weighted by Gasteiger charge is 2.14. The number of nitrogens with zero attached hydrogens (tertiary/aromatic N) is 1. The molecule has 0 unspecified atom stereocenters. The fraction of sp³-hybridized carbons (Fsp3) is 0.385. The number of hydrogen-bond acceptors (Lipinski definition) is 2. The molecule has 0 amide bonds. The molecule has 0 saturated heterocycles. The van der Waals surface area contributed by atoms with E-state index in [1.165, 1.54) is 11.3 Å². The third-order valence-corrected chi connectivity index (χ3v) is 3.31. The monoisotopic (exact) mass is 234 g/mol. The Morgan fingerprint density at radius 3 is 2.00 bits per heavy atom. The number of anilines is 1. The van der Waals surface area contributed by atoms with Crippen LogP contribution in [0.15, 0.2) is 30.8 Å². The summed E-state index contributed by atoms with van der Waals surface area (Å²) < 4.78 is 0. The van der Waals surface area contributed by atoms with Crippen LogP contribution in [0.4, 0.5) is 5.69 Å². The maximum Gasteiger partial charge on any atom is 0.144 e. The van der Waals surface area contributed by atoms with Crippen molar-refractivity contribution in [3.63, 3.8) is 0 Å². The summed E-state index contributed by atoms with van der Waals surface area (Å²) in [5.74, 6) is 0. The van der Waals surface area contributed by atoms with Gasteiger partial charge in [-0.2, -0.15) is 0 Å². The maximum absolute atomic E-state index is 4.09. The summed E-state index contributed by atoms with van der Waals surface area (Å²) in [5, 5.41) is 0. The van der Waals surface area contributed by atoms with Gasteiger partial charge >= 0.3 is 0 Å². The second-order valence-corrected chi connectivity index (χ2v) is 10.0. The molecule has 0 radical (unpaired) electrons. The van der Waals surface area contributed by atoms with E-state index in [0.717, 1.165) is 5.70 Å². The number of rotatable bonds is 4. The van der Waals surface area contributed by atoms with Crippen molar-refractivity contribution >= 4 is 19.6 Å². The summed E-state index contributed by atoms with van der Waals surface area (Å²) in [6.07, 6.45) is 0. The van der Waals surface area contributed by atoms with Crippen LogP contribution in [0.3, 0.4) is 0 Å². The zero-order valence-electron chi connectivity index (χ0n) is 11.0. The van der Waals surface area contributed by atoms with Gasteiger partial charge < -0.3 is 9.88 Å². The Morgan fingerprint density at radius 1 is 1.12 bits per heavy atom. The first kappa shape index (κ1) is 12.8. The summed E-state index contributed by atoms with van der Waals surface area (Å²) in [5.41, 5.74) is 3.42. The lowest BCUT2D eigenvalue weighted by Gasteiger charge is -2.22. The largest absolute Gasteiger partial charge is 0.411 e. The third kappa shape index (κ3) is 3.74. The van der Waals surface area contributed by atoms with Crippen LogP contribution in [0.5, 0.6) is 0 Å². The van der Waals surface area contributed by atoms with Gasteiger partial charge in [0.15, 0.2) is 0 Å². The van der Waals surface area contributed by atoms with Gasteiger partial charge in [0.25, 0.3) is 0 Å². The van der Waals surface area contributed by atoms with E-state index in [9.17, 15) is 0 Å². The molecule has 16 heavy (non-hydrogen) atoms. The Morgan fingerprint density at radius 2 is 1.62 bits per heavy atom. The van der Waals surface area contributed by atoms with Crippen molar-refractivity contribution in [2.75, 3.05) is 19.0 Å². The fourth-order valence-electron chi connectivity index (χ4n) is 1.49. The van der Waals surface area contributed by atoms with E-state index in [1.54, 1.807) is 0 Å². The van der Waals surface area contributed by atoms with E-state index in [2.05, 4.69) is 60.4 Å². The van der Waals surface area contributed by atoms with Crippen LogP contribution >= 0.6 is 0 Å². The Kier molecular flexibility index (Phi) is 3.81. The molecule has 1 rings (SSSR count). The lowest BCUT2D eigenvalue weighted by Crippen LogP contribution is -2.39. The second-order valence-electron chi connectivity index (χ2n) is 5.29. The molecule has 0 aliphatic heterocycles. The lowest BCUT2D eigenvalue weighted by molar-refractivity contribution is 1.13. The van der Waals surface area contributed by atoms with Crippen LogP contribution < -0.4 is 9.88 Å². The molecule has 3 heteroatoms. The normalized spacial score (nSPS) is 11.1. The van der Waals surface area contributed by atoms with Crippen molar-refractivity contribution in [2.24, 2.45) is 0 Å². The average Bonchev–Trinajstić information content (AvgIpc) is 2.15. The van der Waals surface area contributed by atoms with Crippen LogP contribution in [-0.4, -0.2) is 22.3 Å². The van der Waals surface area contributed by atoms with Gasteiger partial charge in [-0.05, 0) is 17.7 Å². The summed E-state index contributed by atoms with van der Waals surface area (Å²) in [6.45, 7) is 10.9. The molecule has 0 aliphatic carbocycles. The molecular weight excluding hydrogens is 212 g/mol. The van der Waals surface area contributed by atoms with E-state index < -0.39 is 8.24 Å². The summed E-state index contributed by atoms with van der Waals surface area (Å²) >= 11 is 0. The predicted octanol–water partition coefficient (Wildman–Crippen LogP) is 3.15. The molecule has 1 N–H and O–H groups in total. The van der Waals surface area contributed by atoms with Gasteiger partial charge in [-0.15, -0.1) is 0 Å². The topological polar surface area (TPSA) is 15.3 Å². The van der Waals surface area contributed by atoms with Crippen LogP contribution in [0.25, 0.3) is 5.70 Å². The van der Waals surface area contributed by atoms with E-state index in [0.29, 0.717) is 0 Å². The molecule has 0 saturated carbocycles. The molecule has 0 bridgehead atoms. The highest BCUT2D eigenvalue weighted by molar-refractivity contribution is 6.74. The number of nitrogens with one attached hydrogen (secondary N) is 1. The van der Waals surface area contributed by atoms with Crippen LogP contribution in [0.1, 0.15) is 5.56 Å².